The molecule has 0 radical (unpaired) electrons. The Labute approximate surface area is 89.0 Å². The second-order valence-corrected chi connectivity index (χ2v) is 4.57. The van der Waals surface area contributed by atoms with Crippen molar-refractivity contribution in [3.63, 3.8) is 0 Å². The molecule has 0 aliphatic rings. The maximum absolute atomic E-state index is 10.7. The molecule has 0 saturated carbocycles. The smallest absolute Gasteiger partial charge is 0.335 e. The molecule has 72 valence electrons. The molecule has 2 N–H and O–H groups in total. The molecule has 0 fully saturated rings. The molecule has 1 heterocycles. The van der Waals surface area contributed by atoms with Gasteiger partial charge in [-0.05, 0) is 18.2 Å². The van der Waals surface area contributed by atoms with Gasteiger partial charge in [-0.3, -0.25) is 0 Å². The van der Waals surface area contributed by atoms with Crippen molar-refractivity contribution in [1.29, 1.82) is 0 Å². The molecule has 1 aromatic carbocycles. The molecule has 1 aromatic heterocycles. The van der Waals surface area contributed by atoms with Crippen molar-refractivity contribution in [1.82, 2.24) is 0 Å². The molecule has 3 nitrogen and oxygen atoms in total. The van der Waals surface area contributed by atoms with Crippen molar-refractivity contribution in [2.45, 2.75) is 4.21 Å². The van der Waals surface area contributed by atoms with Crippen molar-refractivity contribution in [2.24, 2.45) is 0 Å². The standard InChI is InChI=1S/C9H6O3S2/c10-7-5-3-4(8(11)12)1-2-6(5)14-9(7)13/h1-3,10,13H,(H,11,12). The summed E-state index contributed by atoms with van der Waals surface area (Å²) in [5.74, 6) is -0.949. The number of hydrogen-bond donors (Lipinski definition) is 3. The summed E-state index contributed by atoms with van der Waals surface area (Å²) in [5.41, 5.74) is 0.166. The number of carboxylic acid groups (broad SMARTS) is 1. The maximum atomic E-state index is 10.7. The van der Waals surface area contributed by atoms with Crippen molar-refractivity contribution in [3.8, 4) is 5.75 Å². The molecule has 2 rings (SSSR count). The SMILES string of the molecule is O=C(O)c1ccc2sc(S)c(O)c2c1. The minimum atomic E-state index is -1.00. The van der Waals surface area contributed by atoms with Crippen LogP contribution in [-0.4, -0.2) is 16.2 Å². The molecule has 0 spiro atoms. The predicted octanol–water partition coefficient (Wildman–Crippen LogP) is 2.59. The first-order valence-electron chi connectivity index (χ1n) is 3.77. The Morgan fingerprint density at radius 1 is 1.43 bits per heavy atom. The minimum Gasteiger partial charge on any atom is -0.505 e. The zero-order valence-electron chi connectivity index (χ0n) is 6.89. The molecule has 0 amide bonds. The Hall–Kier alpha value is -1.20. The van der Waals surface area contributed by atoms with E-state index in [0.717, 1.165) is 4.70 Å². The number of carbonyl (C=O) groups is 1. The maximum Gasteiger partial charge on any atom is 0.335 e. The van der Waals surface area contributed by atoms with E-state index >= 15 is 0 Å². The van der Waals surface area contributed by atoms with Crippen LogP contribution < -0.4 is 0 Å². The molecule has 0 bridgehead atoms. The van der Waals surface area contributed by atoms with Crippen LogP contribution in [0.1, 0.15) is 10.4 Å². The second-order valence-electron chi connectivity index (χ2n) is 2.77. The van der Waals surface area contributed by atoms with Crippen LogP contribution in [0.2, 0.25) is 0 Å². The third-order valence-electron chi connectivity index (χ3n) is 1.89. The summed E-state index contributed by atoms with van der Waals surface area (Å²) < 4.78 is 1.33. The number of fused-ring (bicyclic) bond motifs is 1. The van der Waals surface area contributed by atoms with Gasteiger partial charge < -0.3 is 10.2 Å². The van der Waals surface area contributed by atoms with E-state index < -0.39 is 5.97 Å². The van der Waals surface area contributed by atoms with E-state index in [1.807, 2.05) is 0 Å². The van der Waals surface area contributed by atoms with Crippen LogP contribution in [0.3, 0.4) is 0 Å². The van der Waals surface area contributed by atoms with Crippen molar-refractivity contribution in [3.05, 3.63) is 23.8 Å². The van der Waals surface area contributed by atoms with Crippen LogP contribution in [0.4, 0.5) is 0 Å². The summed E-state index contributed by atoms with van der Waals surface area (Å²) in [7, 11) is 0. The van der Waals surface area contributed by atoms with E-state index in [4.69, 9.17) is 5.11 Å². The summed E-state index contributed by atoms with van der Waals surface area (Å²) in [6.07, 6.45) is 0. The first kappa shape index (κ1) is 9.36. The number of aromatic hydroxyl groups is 1. The first-order chi connectivity index (χ1) is 6.59. The van der Waals surface area contributed by atoms with Gasteiger partial charge in [0.2, 0.25) is 0 Å². The van der Waals surface area contributed by atoms with Crippen molar-refractivity contribution in [2.75, 3.05) is 0 Å². The Morgan fingerprint density at radius 2 is 2.14 bits per heavy atom. The fraction of sp³-hybridized carbons (Fsp3) is 0. The van der Waals surface area contributed by atoms with Gasteiger partial charge in [0.05, 0.1) is 9.77 Å². The normalized spacial score (nSPS) is 10.6. The molecule has 0 aliphatic carbocycles. The molecule has 0 atom stereocenters. The highest BCUT2D eigenvalue weighted by atomic mass is 32.2. The van der Waals surface area contributed by atoms with Gasteiger partial charge in [0, 0.05) is 10.1 Å². The fourth-order valence-corrected chi connectivity index (χ4v) is 2.44. The lowest BCUT2D eigenvalue weighted by Crippen LogP contribution is -1.94. The molecular formula is C9H6O3S2. The summed E-state index contributed by atoms with van der Waals surface area (Å²) in [6, 6.07) is 4.62. The van der Waals surface area contributed by atoms with Crippen LogP contribution in [0.25, 0.3) is 10.1 Å². The minimum absolute atomic E-state index is 0.0523. The second kappa shape index (κ2) is 3.18. The zero-order chi connectivity index (χ0) is 10.3. The Bertz CT molecular complexity index is 516. The Balaban J connectivity index is 2.76. The van der Waals surface area contributed by atoms with Crippen LogP contribution >= 0.6 is 24.0 Å². The van der Waals surface area contributed by atoms with Crippen LogP contribution in [0.15, 0.2) is 22.4 Å². The summed E-state index contributed by atoms with van der Waals surface area (Å²) in [6.45, 7) is 0. The molecule has 0 saturated heterocycles. The van der Waals surface area contributed by atoms with Crippen molar-refractivity contribution >= 4 is 40.0 Å². The molecule has 2 aromatic rings. The molecule has 0 aliphatic heterocycles. The lowest BCUT2D eigenvalue weighted by atomic mass is 10.1. The number of thiol groups is 1. The first-order valence-corrected chi connectivity index (χ1v) is 5.03. The highest BCUT2D eigenvalue weighted by Crippen LogP contribution is 2.39. The van der Waals surface area contributed by atoms with E-state index in [1.54, 1.807) is 6.07 Å². The van der Waals surface area contributed by atoms with E-state index in [0.29, 0.717) is 9.60 Å². The average molecular weight is 226 g/mol. The summed E-state index contributed by atoms with van der Waals surface area (Å²) >= 11 is 5.38. The van der Waals surface area contributed by atoms with E-state index in [2.05, 4.69) is 12.6 Å². The summed E-state index contributed by atoms with van der Waals surface area (Å²) in [4.78, 5) is 10.7. The average Bonchev–Trinajstić information content (AvgIpc) is 2.43. The topological polar surface area (TPSA) is 57.5 Å². The molecule has 0 unspecified atom stereocenters. The quantitative estimate of drug-likeness (QED) is 0.655. The van der Waals surface area contributed by atoms with Crippen LogP contribution in [-0.2, 0) is 0 Å². The summed E-state index contributed by atoms with van der Waals surface area (Å²) in [5, 5.41) is 18.8. The number of benzene rings is 1. The monoisotopic (exact) mass is 226 g/mol. The lowest BCUT2D eigenvalue weighted by molar-refractivity contribution is 0.0697. The Morgan fingerprint density at radius 3 is 2.79 bits per heavy atom. The third kappa shape index (κ3) is 1.34. The largest absolute Gasteiger partial charge is 0.505 e. The third-order valence-corrected chi connectivity index (χ3v) is 3.34. The van der Waals surface area contributed by atoms with Gasteiger partial charge in [0.25, 0.3) is 0 Å². The van der Waals surface area contributed by atoms with E-state index in [9.17, 15) is 9.90 Å². The number of aromatic carboxylic acids is 1. The van der Waals surface area contributed by atoms with Gasteiger partial charge in [-0.2, -0.15) is 0 Å². The number of thiophene rings is 1. The molecule has 5 heteroatoms. The number of rotatable bonds is 1. The van der Waals surface area contributed by atoms with Crippen LogP contribution in [0, 0.1) is 0 Å². The molecular weight excluding hydrogens is 220 g/mol. The van der Waals surface area contributed by atoms with E-state index in [-0.39, 0.29) is 11.3 Å². The van der Waals surface area contributed by atoms with Gasteiger partial charge >= 0.3 is 5.97 Å². The van der Waals surface area contributed by atoms with Gasteiger partial charge in [0.1, 0.15) is 5.75 Å². The van der Waals surface area contributed by atoms with Gasteiger partial charge in [0.15, 0.2) is 0 Å². The predicted molar refractivity (Wildman–Crippen MR) is 57.7 cm³/mol. The van der Waals surface area contributed by atoms with Crippen molar-refractivity contribution < 1.29 is 15.0 Å². The highest BCUT2D eigenvalue weighted by molar-refractivity contribution is 7.83. The van der Waals surface area contributed by atoms with Gasteiger partial charge in [-0.1, -0.05) is 0 Å². The molecule has 14 heavy (non-hydrogen) atoms. The van der Waals surface area contributed by atoms with Crippen LogP contribution in [0.5, 0.6) is 5.75 Å². The van der Waals surface area contributed by atoms with E-state index in [1.165, 1.54) is 23.5 Å². The number of carboxylic acids is 1. The van der Waals surface area contributed by atoms with Gasteiger partial charge in [-0.15, -0.1) is 24.0 Å². The Kier molecular flexibility index (Phi) is 2.13. The lowest BCUT2D eigenvalue weighted by Gasteiger charge is -1.94. The van der Waals surface area contributed by atoms with Gasteiger partial charge in [-0.25, -0.2) is 4.79 Å². The zero-order valence-corrected chi connectivity index (χ0v) is 8.60. The highest BCUT2D eigenvalue weighted by Gasteiger charge is 2.11. The number of hydrogen-bond acceptors (Lipinski definition) is 4. The fourth-order valence-electron chi connectivity index (χ4n) is 1.20.